The number of halogens is 3. The van der Waals surface area contributed by atoms with Crippen LogP contribution in [0.2, 0.25) is 0 Å². The quantitative estimate of drug-likeness (QED) is 0.817. The van der Waals surface area contributed by atoms with Crippen LogP contribution in [0.25, 0.3) is 0 Å². The molecule has 0 aromatic heterocycles. The Bertz CT molecular complexity index is 665. The minimum absolute atomic E-state index is 0.110. The van der Waals surface area contributed by atoms with Crippen molar-refractivity contribution in [2.45, 2.75) is 6.61 Å². The number of ether oxygens (including phenoxy) is 1. The molecule has 0 atom stereocenters. The summed E-state index contributed by atoms with van der Waals surface area (Å²) >= 11 is 3.22. The Morgan fingerprint density at radius 3 is 2.62 bits per heavy atom. The molecule has 0 unspecified atom stereocenters. The van der Waals surface area contributed by atoms with Crippen molar-refractivity contribution in [3.8, 4) is 5.75 Å². The van der Waals surface area contributed by atoms with E-state index < -0.39 is 12.5 Å². The van der Waals surface area contributed by atoms with Gasteiger partial charge in [0.2, 0.25) is 0 Å². The summed E-state index contributed by atoms with van der Waals surface area (Å²) in [6, 6.07) is 10.8. The highest BCUT2D eigenvalue weighted by atomic mass is 79.9. The summed E-state index contributed by atoms with van der Waals surface area (Å²) in [5.41, 5.74) is 6.54. The summed E-state index contributed by atoms with van der Waals surface area (Å²) < 4.78 is 29.4. The number of nitrogen functional groups attached to an aromatic ring is 1. The van der Waals surface area contributed by atoms with Crippen molar-refractivity contribution in [1.29, 1.82) is 0 Å². The highest BCUT2D eigenvalue weighted by Crippen LogP contribution is 2.28. The van der Waals surface area contributed by atoms with Gasteiger partial charge in [0.15, 0.2) is 0 Å². The van der Waals surface area contributed by atoms with Crippen LogP contribution in [-0.4, -0.2) is 12.5 Å². The van der Waals surface area contributed by atoms with Crippen LogP contribution in [0, 0.1) is 0 Å². The fraction of sp³-hybridized carbons (Fsp3) is 0.0714. The second-order valence-corrected chi connectivity index (χ2v) is 4.83. The zero-order chi connectivity index (χ0) is 15.4. The Hall–Kier alpha value is -2.15. The lowest BCUT2D eigenvalue weighted by Crippen LogP contribution is -2.14. The van der Waals surface area contributed by atoms with Crippen LogP contribution in [0.4, 0.5) is 20.2 Å². The lowest BCUT2D eigenvalue weighted by Gasteiger charge is -2.12. The maximum Gasteiger partial charge on any atom is 0.387 e. The molecule has 7 heteroatoms. The second kappa shape index (κ2) is 6.53. The Morgan fingerprint density at radius 2 is 1.90 bits per heavy atom. The zero-order valence-corrected chi connectivity index (χ0v) is 12.2. The van der Waals surface area contributed by atoms with Gasteiger partial charge in [0, 0.05) is 5.69 Å². The van der Waals surface area contributed by atoms with Gasteiger partial charge in [0.05, 0.1) is 15.7 Å². The van der Waals surface area contributed by atoms with Crippen LogP contribution in [0.3, 0.4) is 0 Å². The molecule has 0 radical (unpaired) electrons. The molecule has 4 nitrogen and oxygen atoms in total. The minimum Gasteiger partial charge on any atom is -0.433 e. The molecule has 3 N–H and O–H groups in total. The maximum atomic E-state index is 12.3. The maximum absolute atomic E-state index is 12.3. The van der Waals surface area contributed by atoms with Crippen molar-refractivity contribution < 1.29 is 18.3 Å². The monoisotopic (exact) mass is 356 g/mol. The average molecular weight is 357 g/mol. The summed E-state index contributed by atoms with van der Waals surface area (Å²) in [6.45, 7) is -2.97. The van der Waals surface area contributed by atoms with Gasteiger partial charge in [-0.25, -0.2) is 0 Å². The molecule has 0 bridgehead atoms. The lowest BCUT2D eigenvalue weighted by atomic mass is 10.2. The second-order valence-electron chi connectivity index (χ2n) is 4.04. The summed E-state index contributed by atoms with van der Waals surface area (Å²) in [6.07, 6.45) is 0. The number of anilines is 2. The molecule has 110 valence electrons. The van der Waals surface area contributed by atoms with E-state index in [1.54, 1.807) is 24.3 Å². The lowest BCUT2D eigenvalue weighted by molar-refractivity contribution is -0.0493. The first-order chi connectivity index (χ1) is 9.99. The predicted octanol–water partition coefficient (Wildman–Crippen LogP) is 3.89. The van der Waals surface area contributed by atoms with Crippen LogP contribution in [-0.2, 0) is 0 Å². The number of hydrogen-bond acceptors (Lipinski definition) is 3. The molecule has 0 spiro atoms. The normalized spacial score (nSPS) is 10.5. The number of alkyl halides is 2. The summed E-state index contributed by atoms with van der Waals surface area (Å²) in [5, 5.41) is 2.52. The van der Waals surface area contributed by atoms with Gasteiger partial charge in [0.25, 0.3) is 5.91 Å². The molecule has 2 rings (SSSR count). The summed E-state index contributed by atoms with van der Waals surface area (Å²) in [7, 11) is 0. The van der Waals surface area contributed by atoms with Crippen LogP contribution in [0.5, 0.6) is 5.75 Å². The zero-order valence-electron chi connectivity index (χ0n) is 10.6. The van der Waals surface area contributed by atoms with Crippen molar-refractivity contribution in [2.75, 3.05) is 11.1 Å². The van der Waals surface area contributed by atoms with E-state index in [1.807, 2.05) is 0 Å². The van der Waals surface area contributed by atoms with Crippen LogP contribution in [0.1, 0.15) is 10.4 Å². The third-order valence-electron chi connectivity index (χ3n) is 2.62. The summed E-state index contributed by atoms with van der Waals surface area (Å²) in [4.78, 5) is 12.2. The molecule has 2 aromatic carbocycles. The highest BCUT2D eigenvalue weighted by Gasteiger charge is 2.15. The molecule has 0 heterocycles. The Morgan fingerprint density at radius 1 is 1.19 bits per heavy atom. The number of hydrogen-bond donors (Lipinski definition) is 2. The first-order valence-electron chi connectivity index (χ1n) is 5.88. The fourth-order valence-electron chi connectivity index (χ4n) is 1.68. The van der Waals surface area contributed by atoms with Gasteiger partial charge >= 0.3 is 6.61 Å². The number of carbonyl (C=O) groups excluding carboxylic acids is 1. The Kier molecular flexibility index (Phi) is 4.74. The van der Waals surface area contributed by atoms with E-state index in [9.17, 15) is 13.6 Å². The fourth-order valence-corrected chi connectivity index (χ4v) is 2.13. The molecule has 0 aliphatic carbocycles. The van der Waals surface area contributed by atoms with Crippen molar-refractivity contribution >= 4 is 33.2 Å². The predicted molar refractivity (Wildman–Crippen MR) is 79.6 cm³/mol. The smallest absolute Gasteiger partial charge is 0.387 e. The number of amides is 1. The van der Waals surface area contributed by atoms with E-state index in [-0.39, 0.29) is 11.4 Å². The first kappa shape index (κ1) is 15.2. The number of nitrogens with two attached hydrogens (primary N) is 1. The van der Waals surface area contributed by atoms with Gasteiger partial charge in [0.1, 0.15) is 5.75 Å². The number of nitrogens with one attached hydrogen (secondary N) is 1. The van der Waals surface area contributed by atoms with E-state index in [2.05, 4.69) is 26.0 Å². The molecule has 0 aliphatic rings. The molecule has 1 amide bonds. The van der Waals surface area contributed by atoms with Gasteiger partial charge in [-0.3, -0.25) is 4.79 Å². The van der Waals surface area contributed by atoms with Crippen molar-refractivity contribution in [3.05, 3.63) is 52.5 Å². The molecule has 0 aliphatic heterocycles. The topological polar surface area (TPSA) is 64.4 Å². The number of para-hydroxylation sites is 2. The molecule has 21 heavy (non-hydrogen) atoms. The van der Waals surface area contributed by atoms with E-state index in [0.29, 0.717) is 15.7 Å². The molecule has 2 aromatic rings. The number of benzene rings is 2. The van der Waals surface area contributed by atoms with E-state index in [4.69, 9.17) is 5.73 Å². The molecule has 0 saturated carbocycles. The molecular formula is C14H11BrF2N2O2. The van der Waals surface area contributed by atoms with E-state index in [1.165, 1.54) is 18.2 Å². The van der Waals surface area contributed by atoms with Crippen LogP contribution in [0.15, 0.2) is 46.9 Å². The average Bonchev–Trinajstić information content (AvgIpc) is 2.43. The van der Waals surface area contributed by atoms with Crippen LogP contribution >= 0.6 is 15.9 Å². The third kappa shape index (κ3) is 3.69. The highest BCUT2D eigenvalue weighted by molar-refractivity contribution is 9.10. The standard InChI is InChI=1S/C14H11BrF2N2O2/c15-12-8(4-3-5-9(12)18)13(20)19-10-6-1-2-7-11(10)21-14(16)17/h1-7,14H,18H2,(H,19,20). The van der Waals surface area contributed by atoms with Gasteiger partial charge in [-0.15, -0.1) is 0 Å². The molecular weight excluding hydrogens is 346 g/mol. The van der Waals surface area contributed by atoms with E-state index in [0.717, 1.165) is 0 Å². The van der Waals surface area contributed by atoms with Crippen molar-refractivity contribution in [3.63, 3.8) is 0 Å². The third-order valence-corrected chi connectivity index (χ3v) is 3.51. The van der Waals surface area contributed by atoms with Crippen LogP contribution < -0.4 is 15.8 Å². The van der Waals surface area contributed by atoms with Gasteiger partial charge in [-0.05, 0) is 40.2 Å². The van der Waals surface area contributed by atoms with Crippen molar-refractivity contribution in [2.24, 2.45) is 0 Å². The van der Waals surface area contributed by atoms with Crippen molar-refractivity contribution in [1.82, 2.24) is 0 Å². The summed E-state index contributed by atoms with van der Waals surface area (Å²) in [5.74, 6) is -0.597. The largest absolute Gasteiger partial charge is 0.433 e. The van der Waals surface area contributed by atoms with Gasteiger partial charge in [-0.1, -0.05) is 18.2 Å². The minimum atomic E-state index is -2.97. The van der Waals surface area contributed by atoms with E-state index >= 15 is 0 Å². The number of carbonyl (C=O) groups is 1. The first-order valence-corrected chi connectivity index (χ1v) is 6.67. The molecule has 0 saturated heterocycles. The van der Waals surface area contributed by atoms with Gasteiger partial charge < -0.3 is 15.8 Å². The molecule has 0 fully saturated rings. The van der Waals surface area contributed by atoms with Gasteiger partial charge in [-0.2, -0.15) is 8.78 Å². The number of rotatable bonds is 4. The Balaban J connectivity index is 2.26. The Labute approximate surface area is 128 Å². The SMILES string of the molecule is Nc1cccc(C(=O)Nc2ccccc2OC(F)F)c1Br.